The van der Waals surface area contributed by atoms with Crippen molar-refractivity contribution < 1.29 is 42.1 Å². The maximum absolute atomic E-state index is 12.9. The van der Waals surface area contributed by atoms with Gasteiger partial charge in [-0.25, -0.2) is 4.57 Å². The van der Waals surface area contributed by atoms with Gasteiger partial charge in [0.15, 0.2) is 6.10 Å². The average molecular weight is 1250 g/mol. The molecule has 2 atom stereocenters. The predicted octanol–water partition coefficient (Wildman–Crippen LogP) is 25.7. The lowest BCUT2D eigenvalue weighted by Crippen LogP contribution is -2.37. The van der Waals surface area contributed by atoms with E-state index in [2.05, 4.69) is 13.8 Å². The van der Waals surface area contributed by atoms with E-state index in [4.69, 9.17) is 18.5 Å². The molecule has 0 heterocycles. The van der Waals surface area contributed by atoms with Crippen molar-refractivity contribution in [3.05, 3.63) is 0 Å². The molecule has 0 saturated carbocycles. The highest BCUT2D eigenvalue weighted by molar-refractivity contribution is 7.47. The predicted molar refractivity (Wildman–Crippen MR) is 377 cm³/mol. The second kappa shape index (κ2) is 69.4. The van der Waals surface area contributed by atoms with E-state index in [1.807, 2.05) is 21.1 Å². The molecule has 0 amide bonds. The van der Waals surface area contributed by atoms with Crippen LogP contribution in [0.3, 0.4) is 0 Å². The van der Waals surface area contributed by atoms with Crippen molar-refractivity contribution in [3.63, 3.8) is 0 Å². The summed E-state index contributed by atoms with van der Waals surface area (Å²) in [5.41, 5.74) is 0. The highest BCUT2D eigenvalue weighted by Gasteiger charge is 2.27. The Hall–Kier alpha value is -0.990. The third kappa shape index (κ3) is 73.9. The molecular formula is C77H155NO8P+. The fraction of sp³-hybridized carbons (Fsp3) is 0.974. The molecule has 87 heavy (non-hydrogen) atoms. The van der Waals surface area contributed by atoms with Gasteiger partial charge in [-0.3, -0.25) is 18.6 Å². The molecular weight excluding hydrogens is 1100 g/mol. The normalized spacial score (nSPS) is 12.9. The minimum absolute atomic E-state index is 0.0378. The molecule has 0 spiro atoms. The van der Waals surface area contributed by atoms with E-state index in [0.29, 0.717) is 17.4 Å². The first kappa shape index (κ1) is 86.0. The molecule has 0 aliphatic carbocycles. The second-order valence-electron chi connectivity index (χ2n) is 28.5. The molecule has 0 aromatic carbocycles. The number of hydrogen-bond donors (Lipinski definition) is 1. The maximum Gasteiger partial charge on any atom is 0.472 e. The van der Waals surface area contributed by atoms with Crippen molar-refractivity contribution in [2.24, 2.45) is 0 Å². The summed E-state index contributed by atoms with van der Waals surface area (Å²) in [7, 11) is 1.51. The summed E-state index contributed by atoms with van der Waals surface area (Å²) in [5, 5.41) is 0. The number of phosphoric acid groups is 1. The van der Waals surface area contributed by atoms with Gasteiger partial charge in [0.25, 0.3) is 0 Å². The minimum atomic E-state index is -4.39. The molecule has 0 radical (unpaired) electrons. The van der Waals surface area contributed by atoms with Crippen LogP contribution in [-0.2, 0) is 32.7 Å². The van der Waals surface area contributed by atoms with Gasteiger partial charge >= 0.3 is 19.8 Å². The maximum atomic E-state index is 12.9. The summed E-state index contributed by atoms with van der Waals surface area (Å²) >= 11 is 0. The van der Waals surface area contributed by atoms with Crippen LogP contribution >= 0.6 is 7.82 Å². The van der Waals surface area contributed by atoms with E-state index in [0.717, 1.165) is 38.5 Å². The number of carbonyl (C=O) groups is 2. The lowest BCUT2D eigenvalue weighted by Gasteiger charge is -2.24. The Bertz CT molecular complexity index is 1420. The molecule has 0 fully saturated rings. The molecule has 0 aliphatic heterocycles. The van der Waals surface area contributed by atoms with Crippen LogP contribution in [0.2, 0.25) is 0 Å². The van der Waals surface area contributed by atoms with Gasteiger partial charge in [0, 0.05) is 12.8 Å². The molecule has 0 saturated heterocycles. The van der Waals surface area contributed by atoms with Gasteiger partial charge < -0.3 is 18.9 Å². The van der Waals surface area contributed by atoms with E-state index in [1.165, 1.54) is 366 Å². The molecule has 0 aliphatic rings. The topological polar surface area (TPSA) is 108 Å². The number of rotatable bonds is 75. The van der Waals surface area contributed by atoms with Crippen molar-refractivity contribution in [2.45, 2.75) is 437 Å². The highest BCUT2D eigenvalue weighted by atomic mass is 31.2. The summed E-state index contributed by atoms with van der Waals surface area (Å²) in [6, 6.07) is 0. The van der Waals surface area contributed by atoms with Crippen molar-refractivity contribution >= 4 is 19.8 Å². The van der Waals surface area contributed by atoms with Gasteiger partial charge in [0.2, 0.25) is 0 Å². The zero-order chi connectivity index (χ0) is 63.4. The summed E-state index contributed by atoms with van der Waals surface area (Å²) in [4.78, 5) is 35.9. The molecule has 520 valence electrons. The zero-order valence-electron chi connectivity index (χ0n) is 59.6. The Morgan fingerprint density at radius 1 is 0.310 bits per heavy atom. The van der Waals surface area contributed by atoms with E-state index in [9.17, 15) is 19.0 Å². The van der Waals surface area contributed by atoms with Gasteiger partial charge in [-0.05, 0) is 12.8 Å². The lowest BCUT2D eigenvalue weighted by atomic mass is 10.0. The molecule has 0 rings (SSSR count). The van der Waals surface area contributed by atoms with Crippen LogP contribution in [0.15, 0.2) is 0 Å². The van der Waals surface area contributed by atoms with Crippen LogP contribution in [0.1, 0.15) is 431 Å². The fourth-order valence-corrected chi connectivity index (χ4v) is 13.1. The first-order valence-electron chi connectivity index (χ1n) is 39.3. The van der Waals surface area contributed by atoms with E-state index < -0.39 is 26.5 Å². The first-order chi connectivity index (χ1) is 42.5. The fourth-order valence-electron chi connectivity index (χ4n) is 12.4. The number of phosphoric ester groups is 1. The van der Waals surface area contributed by atoms with E-state index in [-0.39, 0.29) is 25.6 Å². The van der Waals surface area contributed by atoms with Crippen molar-refractivity contribution in [1.82, 2.24) is 0 Å². The van der Waals surface area contributed by atoms with Crippen LogP contribution in [0, 0.1) is 0 Å². The molecule has 2 unspecified atom stereocenters. The van der Waals surface area contributed by atoms with Crippen molar-refractivity contribution in [2.75, 3.05) is 47.5 Å². The smallest absolute Gasteiger partial charge is 0.462 e. The molecule has 10 heteroatoms. The minimum Gasteiger partial charge on any atom is -0.462 e. The molecule has 9 nitrogen and oxygen atoms in total. The van der Waals surface area contributed by atoms with Crippen LogP contribution in [0.5, 0.6) is 0 Å². The Morgan fingerprint density at radius 3 is 0.736 bits per heavy atom. The van der Waals surface area contributed by atoms with Crippen LogP contribution in [-0.4, -0.2) is 74.9 Å². The Morgan fingerprint density at radius 2 is 0.517 bits per heavy atom. The highest BCUT2D eigenvalue weighted by Crippen LogP contribution is 2.43. The Labute approximate surface area is 544 Å². The Kier molecular flexibility index (Phi) is 68.6. The number of esters is 2. The first-order valence-corrected chi connectivity index (χ1v) is 40.8. The quantitative estimate of drug-likeness (QED) is 0.0278. The average Bonchev–Trinajstić information content (AvgIpc) is 3.65. The third-order valence-corrected chi connectivity index (χ3v) is 19.4. The number of hydrogen-bond acceptors (Lipinski definition) is 7. The van der Waals surface area contributed by atoms with E-state index in [1.54, 1.807) is 0 Å². The van der Waals surface area contributed by atoms with Gasteiger partial charge in [0.05, 0.1) is 27.7 Å². The Balaban J connectivity index is 3.90. The number of quaternary nitrogens is 1. The standard InChI is InChI=1S/C77H154NO8P/c1-6-8-10-12-14-16-18-20-22-24-26-28-30-32-34-36-37-38-39-40-42-44-46-48-50-52-54-56-58-60-62-64-66-68-70-77(80)86-75(74-85-87(81,82)84-72-71-78(3,4)5)73-83-76(79)69-67-65-63-61-59-57-55-53-51-49-47-45-43-41-35-33-31-29-27-25-23-21-19-17-15-13-11-9-7-2/h75H,6-74H2,1-5H3/p+1. The second-order valence-corrected chi connectivity index (χ2v) is 29.9. The molecule has 1 N–H and O–H groups in total. The summed E-state index contributed by atoms with van der Waals surface area (Å²) in [5.74, 6) is -0.765. The number of nitrogens with zero attached hydrogens (tertiary/aromatic N) is 1. The van der Waals surface area contributed by atoms with Crippen LogP contribution in [0.25, 0.3) is 0 Å². The van der Waals surface area contributed by atoms with E-state index >= 15 is 0 Å². The van der Waals surface area contributed by atoms with Crippen molar-refractivity contribution in [1.29, 1.82) is 0 Å². The van der Waals surface area contributed by atoms with Crippen molar-refractivity contribution in [3.8, 4) is 0 Å². The molecule has 0 bridgehead atoms. The zero-order valence-corrected chi connectivity index (χ0v) is 60.5. The van der Waals surface area contributed by atoms with Gasteiger partial charge in [-0.2, -0.15) is 0 Å². The largest absolute Gasteiger partial charge is 0.472 e. The summed E-state index contributed by atoms with van der Waals surface area (Å²) in [6.45, 7) is 4.54. The molecule has 0 aromatic rings. The summed E-state index contributed by atoms with van der Waals surface area (Å²) in [6.07, 6.45) is 85.4. The number of likely N-dealkylation sites (N-methyl/N-ethyl adjacent to an activating group) is 1. The lowest BCUT2D eigenvalue weighted by molar-refractivity contribution is -0.870. The number of ether oxygens (including phenoxy) is 2. The van der Waals surface area contributed by atoms with Gasteiger partial charge in [-0.15, -0.1) is 0 Å². The molecule has 0 aromatic heterocycles. The van der Waals surface area contributed by atoms with Crippen LogP contribution < -0.4 is 0 Å². The summed E-state index contributed by atoms with van der Waals surface area (Å²) < 4.78 is 34.8. The monoisotopic (exact) mass is 1250 g/mol. The van der Waals surface area contributed by atoms with Gasteiger partial charge in [0.1, 0.15) is 19.8 Å². The SMILES string of the molecule is CCCCCCCCCCCCCCCCCCCCCCCCCCCCCCCCCCCCC(=O)OC(COC(=O)CCCCCCCCCCCCCCCCCCCCCCCCCCCCCCC)COP(=O)(O)OCC[N+](C)(C)C. The van der Waals surface area contributed by atoms with Gasteiger partial charge in [-0.1, -0.05) is 406 Å². The van der Waals surface area contributed by atoms with Crippen LogP contribution in [0.4, 0.5) is 0 Å². The number of unbranched alkanes of at least 4 members (excludes halogenated alkanes) is 61. The number of carbonyl (C=O) groups excluding carboxylic acids is 2. The third-order valence-electron chi connectivity index (χ3n) is 18.4.